The number of halogens is 1. The number of hydrogen-bond acceptors (Lipinski definition) is 3. The Balaban J connectivity index is 2.73. The molecule has 1 N–H and O–H groups in total. The maximum absolute atomic E-state index is 12.1. The van der Waals surface area contributed by atoms with Crippen LogP contribution in [0.5, 0.6) is 11.5 Å². The van der Waals surface area contributed by atoms with Crippen LogP contribution in [0.25, 0.3) is 0 Å². The molecule has 0 spiro atoms. The maximum atomic E-state index is 12.1. The summed E-state index contributed by atoms with van der Waals surface area (Å²) in [5, 5.41) is 3.88. The molecule has 0 aliphatic carbocycles. The van der Waals surface area contributed by atoms with Gasteiger partial charge in [-0.05, 0) is 30.0 Å². The van der Waals surface area contributed by atoms with Crippen LogP contribution < -0.4 is 14.8 Å². The molecule has 0 radical (unpaired) electrons. The Morgan fingerprint density at radius 1 is 1.25 bits per heavy atom. The molecule has 4 nitrogen and oxygen atoms in total. The van der Waals surface area contributed by atoms with Crippen molar-refractivity contribution >= 4 is 21.8 Å². The zero-order valence-electron chi connectivity index (χ0n) is 12.5. The van der Waals surface area contributed by atoms with Crippen LogP contribution in [0.4, 0.5) is 0 Å². The lowest BCUT2D eigenvalue weighted by Crippen LogP contribution is -2.34. The average molecular weight is 344 g/mol. The van der Waals surface area contributed by atoms with E-state index in [9.17, 15) is 4.79 Å². The van der Waals surface area contributed by atoms with Crippen LogP contribution >= 0.6 is 15.9 Å². The molecular weight excluding hydrogens is 322 g/mol. The number of rotatable bonds is 7. The lowest BCUT2D eigenvalue weighted by atomic mass is 9.90. The second-order valence-corrected chi connectivity index (χ2v) is 6.15. The molecule has 0 bridgehead atoms. The Morgan fingerprint density at radius 2 is 1.90 bits per heavy atom. The van der Waals surface area contributed by atoms with E-state index < -0.39 is 0 Å². The highest BCUT2D eigenvalue weighted by atomic mass is 79.9. The number of methoxy groups -OCH3 is 2. The summed E-state index contributed by atoms with van der Waals surface area (Å²) in [6.45, 7) is 4.89. The van der Waals surface area contributed by atoms with Crippen molar-refractivity contribution in [3.63, 3.8) is 0 Å². The van der Waals surface area contributed by atoms with Crippen molar-refractivity contribution in [3.8, 4) is 11.5 Å². The molecule has 0 aliphatic rings. The summed E-state index contributed by atoms with van der Waals surface area (Å²) >= 11 is 3.43. The molecule has 0 saturated carbocycles. The minimum Gasteiger partial charge on any atom is -0.493 e. The molecule has 0 fully saturated rings. The molecule has 1 aromatic carbocycles. The molecule has 1 amide bonds. The van der Waals surface area contributed by atoms with Crippen LogP contribution in [0.3, 0.4) is 0 Å². The van der Waals surface area contributed by atoms with Crippen LogP contribution in [0.1, 0.15) is 30.6 Å². The highest BCUT2D eigenvalue weighted by Crippen LogP contribution is 2.27. The van der Waals surface area contributed by atoms with Gasteiger partial charge in [-0.3, -0.25) is 4.79 Å². The van der Waals surface area contributed by atoms with Crippen molar-refractivity contribution in [1.29, 1.82) is 0 Å². The van der Waals surface area contributed by atoms with Gasteiger partial charge in [-0.15, -0.1) is 0 Å². The number of alkyl halides is 1. The molecule has 20 heavy (non-hydrogen) atoms. The lowest BCUT2D eigenvalue weighted by molar-refractivity contribution is 0.0935. The fourth-order valence-electron chi connectivity index (χ4n) is 1.74. The molecular formula is C15H22BrNO3. The first-order chi connectivity index (χ1) is 9.43. The topological polar surface area (TPSA) is 47.6 Å². The number of benzene rings is 1. The van der Waals surface area contributed by atoms with Gasteiger partial charge in [0.2, 0.25) is 0 Å². The fourth-order valence-corrected chi connectivity index (χ4v) is 2.82. The standard InChI is InChI=1S/C15H22BrNO3/c1-15(2,7-8-16)10-17-14(18)11-5-6-12(19-3)13(9-11)20-4/h5-6,9H,7-8,10H2,1-4H3,(H,17,18). The first-order valence-corrected chi connectivity index (χ1v) is 7.62. The molecule has 0 unspecified atom stereocenters. The van der Waals surface area contributed by atoms with Crippen molar-refractivity contribution in [2.45, 2.75) is 20.3 Å². The zero-order chi connectivity index (χ0) is 15.2. The van der Waals surface area contributed by atoms with Gasteiger partial charge in [-0.1, -0.05) is 29.8 Å². The molecule has 0 aromatic heterocycles. The first-order valence-electron chi connectivity index (χ1n) is 6.49. The van der Waals surface area contributed by atoms with Crippen LogP contribution in [0, 0.1) is 5.41 Å². The average Bonchev–Trinajstić information content (AvgIpc) is 2.44. The Morgan fingerprint density at radius 3 is 2.45 bits per heavy atom. The fraction of sp³-hybridized carbons (Fsp3) is 0.533. The monoisotopic (exact) mass is 343 g/mol. The Kier molecular flexibility index (Phi) is 6.33. The maximum Gasteiger partial charge on any atom is 0.251 e. The molecule has 1 rings (SSSR count). The summed E-state index contributed by atoms with van der Waals surface area (Å²) in [5.41, 5.74) is 0.632. The highest BCUT2D eigenvalue weighted by Gasteiger charge is 2.19. The van der Waals surface area contributed by atoms with Crippen molar-refractivity contribution in [2.75, 3.05) is 26.1 Å². The van der Waals surface area contributed by atoms with Gasteiger partial charge in [0.25, 0.3) is 5.91 Å². The van der Waals surface area contributed by atoms with Crippen molar-refractivity contribution in [1.82, 2.24) is 5.32 Å². The van der Waals surface area contributed by atoms with E-state index in [1.807, 2.05) is 0 Å². The van der Waals surface area contributed by atoms with E-state index in [0.717, 1.165) is 11.8 Å². The summed E-state index contributed by atoms with van der Waals surface area (Å²) in [7, 11) is 3.12. The van der Waals surface area contributed by atoms with E-state index in [2.05, 4.69) is 35.1 Å². The highest BCUT2D eigenvalue weighted by molar-refractivity contribution is 9.09. The van der Waals surface area contributed by atoms with Crippen molar-refractivity contribution in [3.05, 3.63) is 23.8 Å². The van der Waals surface area contributed by atoms with Gasteiger partial charge in [0.15, 0.2) is 11.5 Å². The van der Waals surface area contributed by atoms with E-state index in [0.29, 0.717) is 23.6 Å². The largest absolute Gasteiger partial charge is 0.493 e. The molecule has 0 aliphatic heterocycles. The summed E-state index contributed by atoms with van der Waals surface area (Å²) < 4.78 is 10.4. The SMILES string of the molecule is COc1ccc(C(=O)NCC(C)(C)CCBr)cc1OC. The minimum absolute atomic E-state index is 0.0652. The molecule has 1 aromatic rings. The number of nitrogens with one attached hydrogen (secondary N) is 1. The van der Waals surface area contributed by atoms with Gasteiger partial charge in [0, 0.05) is 17.4 Å². The van der Waals surface area contributed by atoms with Gasteiger partial charge in [0.05, 0.1) is 14.2 Å². The van der Waals surface area contributed by atoms with E-state index in [4.69, 9.17) is 9.47 Å². The van der Waals surface area contributed by atoms with Gasteiger partial charge in [0.1, 0.15) is 0 Å². The third-order valence-electron chi connectivity index (χ3n) is 3.14. The summed E-state index contributed by atoms with van der Waals surface area (Å²) in [5.74, 6) is 1.07. The molecule has 0 atom stereocenters. The van der Waals surface area contributed by atoms with E-state index in [-0.39, 0.29) is 11.3 Å². The van der Waals surface area contributed by atoms with Gasteiger partial charge in [-0.25, -0.2) is 0 Å². The second-order valence-electron chi connectivity index (χ2n) is 5.36. The predicted octanol–water partition coefficient (Wildman–Crippen LogP) is 3.24. The van der Waals surface area contributed by atoms with E-state index in [1.54, 1.807) is 32.4 Å². The summed E-state index contributed by atoms with van der Waals surface area (Å²) in [6.07, 6.45) is 0.999. The van der Waals surface area contributed by atoms with Crippen molar-refractivity contribution in [2.24, 2.45) is 5.41 Å². The van der Waals surface area contributed by atoms with E-state index >= 15 is 0 Å². The Bertz CT molecular complexity index is 460. The Labute approximate surface area is 129 Å². The molecule has 112 valence electrons. The van der Waals surface area contributed by atoms with Crippen molar-refractivity contribution < 1.29 is 14.3 Å². The quantitative estimate of drug-likeness (QED) is 0.773. The predicted molar refractivity (Wildman–Crippen MR) is 84.1 cm³/mol. The number of amides is 1. The lowest BCUT2D eigenvalue weighted by Gasteiger charge is -2.24. The third-order valence-corrected chi connectivity index (χ3v) is 3.54. The molecule has 5 heteroatoms. The molecule has 0 saturated heterocycles. The number of hydrogen-bond donors (Lipinski definition) is 1. The van der Waals surface area contributed by atoms with Crippen LogP contribution in [0.2, 0.25) is 0 Å². The third kappa shape index (κ3) is 4.71. The van der Waals surface area contributed by atoms with Gasteiger partial charge < -0.3 is 14.8 Å². The van der Waals surface area contributed by atoms with E-state index in [1.165, 1.54) is 0 Å². The smallest absolute Gasteiger partial charge is 0.251 e. The molecule has 0 heterocycles. The minimum atomic E-state index is -0.103. The zero-order valence-corrected chi connectivity index (χ0v) is 14.0. The number of carbonyl (C=O) groups excluding carboxylic acids is 1. The number of carbonyl (C=O) groups is 1. The van der Waals surface area contributed by atoms with Gasteiger partial charge >= 0.3 is 0 Å². The second kappa shape index (κ2) is 7.53. The van der Waals surface area contributed by atoms with Gasteiger partial charge in [-0.2, -0.15) is 0 Å². The first kappa shape index (κ1) is 16.8. The van der Waals surface area contributed by atoms with Crippen LogP contribution in [-0.4, -0.2) is 32.0 Å². The Hall–Kier alpha value is -1.23. The van der Waals surface area contributed by atoms with Crippen LogP contribution in [-0.2, 0) is 0 Å². The summed E-state index contributed by atoms with van der Waals surface area (Å²) in [6, 6.07) is 5.15. The summed E-state index contributed by atoms with van der Waals surface area (Å²) in [4.78, 5) is 12.1. The normalized spacial score (nSPS) is 11.1. The van der Waals surface area contributed by atoms with Crippen LogP contribution in [0.15, 0.2) is 18.2 Å². The number of ether oxygens (including phenoxy) is 2.